The van der Waals surface area contributed by atoms with Crippen molar-refractivity contribution in [3.63, 3.8) is 0 Å². The van der Waals surface area contributed by atoms with Crippen molar-refractivity contribution in [3.05, 3.63) is 75.0 Å². The Hall–Kier alpha value is -2.63. The lowest BCUT2D eigenvalue weighted by molar-refractivity contribution is -0.117. The highest BCUT2D eigenvalue weighted by Gasteiger charge is 2.40. The van der Waals surface area contributed by atoms with Crippen LogP contribution in [0.5, 0.6) is 0 Å². The molecule has 1 heterocycles. The van der Waals surface area contributed by atoms with E-state index < -0.39 is 17.0 Å². The van der Waals surface area contributed by atoms with Crippen molar-refractivity contribution in [2.75, 3.05) is 11.9 Å². The van der Waals surface area contributed by atoms with Crippen molar-refractivity contribution in [2.24, 2.45) is 0 Å². The maximum atomic E-state index is 13.3. The Bertz CT molecular complexity index is 984. The molecular weight excluding hydrogens is 445 g/mol. The van der Waals surface area contributed by atoms with E-state index in [9.17, 15) is 19.2 Å². The Labute approximate surface area is 174 Å². The molecule has 2 aromatic carbocycles. The Morgan fingerprint density at radius 3 is 2.46 bits per heavy atom. The van der Waals surface area contributed by atoms with E-state index >= 15 is 0 Å². The number of likely N-dealkylation sites (N-methyl/N-ethyl adjacent to an activating group) is 1. The van der Waals surface area contributed by atoms with E-state index in [1.165, 1.54) is 48.0 Å². The minimum absolute atomic E-state index is 0.150. The molecule has 1 saturated heterocycles. The van der Waals surface area contributed by atoms with Gasteiger partial charge in [-0.3, -0.25) is 14.5 Å². The van der Waals surface area contributed by atoms with Crippen LogP contribution in [0.15, 0.2) is 63.6 Å². The number of nitrogens with one attached hydrogen (secondary N) is 1. The van der Waals surface area contributed by atoms with E-state index in [1.54, 1.807) is 0 Å². The number of carbonyl (C=O) groups is 2. The van der Waals surface area contributed by atoms with Crippen molar-refractivity contribution >= 4 is 45.2 Å². The Kier molecular flexibility index (Phi) is 6.17. The zero-order valence-electron chi connectivity index (χ0n) is 14.8. The lowest BCUT2D eigenvalue weighted by Crippen LogP contribution is -2.31. The first-order valence-corrected chi connectivity index (χ1v) is 9.99. The van der Waals surface area contributed by atoms with E-state index in [1.807, 2.05) is 30.3 Å². The fraction of sp³-hybridized carbons (Fsp3) is 0.150. The molecule has 1 aliphatic heterocycles. The van der Waals surface area contributed by atoms with E-state index in [4.69, 9.17) is 0 Å². The summed E-state index contributed by atoms with van der Waals surface area (Å²) in [5.41, 5.74) is 1.21. The fourth-order valence-electron chi connectivity index (χ4n) is 2.77. The van der Waals surface area contributed by atoms with Gasteiger partial charge in [-0.05, 0) is 48.4 Å². The van der Waals surface area contributed by atoms with Gasteiger partial charge in [0, 0.05) is 17.2 Å². The van der Waals surface area contributed by atoms with Crippen LogP contribution in [0, 0.1) is 17.1 Å². The summed E-state index contributed by atoms with van der Waals surface area (Å²) in [5, 5.41) is 11.7. The summed E-state index contributed by atoms with van der Waals surface area (Å²) in [6.45, 7) is 0. The summed E-state index contributed by atoms with van der Waals surface area (Å²) in [6.07, 6.45) is 0.435. The number of anilines is 1. The molecule has 3 rings (SSSR count). The van der Waals surface area contributed by atoms with E-state index in [0.717, 1.165) is 10.0 Å². The van der Waals surface area contributed by atoms with E-state index in [2.05, 4.69) is 21.2 Å². The number of benzene rings is 2. The summed E-state index contributed by atoms with van der Waals surface area (Å²) in [5.74, 6) is -1.27. The van der Waals surface area contributed by atoms with Gasteiger partial charge in [0.15, 0.2) is 0 Å². The van der Waals surface area contributed by atoms with Crippen LogP contribution in [0.3, 0.4) is 0 Å². The summed E-state index contributed by atoms with van der Waals surface area (Å²) in [4.78, 5) is 26.6. The molecule has 1 atom stereocenters. The maximum absolute atomic E-state index is 13.3. The van der Waals surface area contributed by atoms with Gasteiger partial charge in [0.2, 0.25) is 5.91 Å². The average molecular weight is 460 g/mol. The molecule has 0 bridgehead atoms. The summed E-state index contributed by atoms with van der Waals surface area (Å²) in [6, 6.07) is 14.9. The number of hydrogen-bond donors (Lipinski definition) is 1. The molecule has 2 aromatic rings. The first-order chi connectivity index (χ1) is 13.4. The second-order valence-electron chi connectivity index (χ2n) is 5.96. The van der Waals surface area contributed by atoms with Crippen LogP contribution in [0.1, 0.15) is 5.56 Å². The third kappa shape index (κ3) is 4.11. The molecule has 0 unspecified atom stereocenters. The van der Waals surface area contributed by atoms with Gasteiger partial charge in [-0.2, -0.15) is 5.26 Å². The predicted octanol–water partition coefficient (Wildman–Crippen LogP) is 3.76. The van der Waals surface area contributed by atoms with Crippen molar-refractivity contribution in [2.45, 2.75) is 11.7 Å². The van der Waals surface area contributed by atoms with Crippen molar-refractivity contribution in [3.8, 4) is 6.07 Å². The molecule has 0 saturated carbocycles. The van der Waals surface area contributed by atoms with Crippen LogP contribution in [0.2, 0.25) is 0 Å². The second-order valence-corrected chi connectivity index (χ2v) is 8.07. The highest BCUT2D eigenvalue weighted by molar-refractivity contribution is 9.10. The molecular formula is C20H15BrFN3O2S. The number of carbonyl (C=O) groups excluding carboxylic acids is 2. The van der Waals surface area contributed by atoms with Crippen LogP contribution in [-0.2, 0) is 16.0 Å². The molecule has 0 aromatic heterocycles. The first-order valence-electron chi connectivity index (χ1n) is 8.31. The molecule has 142 valence electrons. The van der Waals surface area contributed by atoms with Gasteiger partial charge in [0.1, 0.15) is 22.5 Å². The number of nitriles is 1. The van der Waals surface area contributed by atoms with Crippen molar-refractivity contribution in [1.82, 2.24) is 5.32 Å². The van der Waals surface area contributed by atoms with Crippen LogP contribution in [-0.4, -0.2) is 24.1 Å². The highest BCUT2D eigenvalue weighted by Crippen LogP contribution is 2.41. The Morgan fingerprint density at radius 1 is 1.25 bits per heavy atom. The number of thioether (sulfide) groups is 1. The molecule has 1 N–H and O–H groups in total. The van der Waals surface area contributed by atoms with Crippen molar-refractivity contribution < 1.29 is 14.0 Å². The molecule has 5 nitrogen and oxygen atoms in total. The van der Waals surface area contributed by atoms with E-state index in [0.29, 0.717) is 12.1 Å². The molecule has 28 heavy (non-hydrogen) atoms. The third-order valence-electron chi connectivity index (χ3n) is 4.15. The van der Waals surface area contributed by atoms with Gasteiger partial charge in [-0.25, -0.2) is 4.39 Å². The SMILES string of the molecule is CNC(=O)/C(C#N)=C1\S[C@H](Cc2ccc(Br)cc2)C(=O)N1c1ccc(F)cc1. The number of nitrogens with zero attached hydrogens (tertiary/aromatic N) is 2. The van der Waals surface area contributed by atoms with Crippen LogP contribution >= 0.6 is 27.7 Å². The summed E-state index contributed by atoms with van der Waals surface area (Å²) < 4.78 is 14.3. The van der Waals surface area contributed by atoms with Gasteiger partial charge < -0.3 is 5.32 Å². The molecule has 0 radical (unpaired) electrons. The van der Waals surface area contributed by atoms with Gasteiger partial charge in [0.25, 0.3) is 5.91 Å². The molecule has 8 heteroatoms. The first kappa shape index (κ1) is 20.1. The fourth-order valence-corrected chi connectivity index (χ4v) is 4.34. The molecule has 0 spiro atoms. The number of hydrogen-bond acceptors (Lipinski definition) is 4. The quantitative estimate of drug-likeness (QED) is 0.557. The predicted molar refractivity (Wildman–Crippen MR) is 110 cm³/mol. The molecule has 1 fully saturated rings. The smallest absolute Gasteiger partial charge is 0.264 e. The van der Waals surface area contributed by atoms with Crippen LogP contribution < -0.4 is 10.2 Å². The molecule has 0 aliphatic carbocycles. The van der Waals surface area contributed by atoms with E-state index in [-0.39, 0.29) is 16.5 Å². The molecule has 2 amide bonds. The van der Waals surface area contributed by atoms with Gasteiger partial charge in [0.05, 0.1) is 5.25 Å². The monoisotopic (exact) mass is 459 g/mol. The van der Waals surface area contributed by atoms with Crippen LogP contribution in [0.4, 0.5) is 10.1 Å². The van der Waals surface area contributed by atoms with Crippen LogP contribution in [0.25, 0.3) is 0 Å². The third-order valence-corrected chi connectivity index (χ3v) is 5.94. The van der Waals surface area contributed by atoms with Gasteiger partial charge in [-0.15, -0.1) is 0 Å². The highest BCUT2D eigenvalue weighted by atomic mass is 79.9. The number of rotatable bonds is 4. The largest absolute Gasteiger partial charge is 0.354 e. The summed E-state index contributed by atoms with van der Waals surface area (Å²) >= 11 is 4.55. The zero-order valence-corrected chi connectivity index (χ0v) is 17.2. The second kappa shape index (κ2) is 8.59. The lowest BCUT2D eigenvalue weighted by atomic mass is 10.1. The Balaban J connectivity index is 2.03. The Morgan fingerprint density at radius 2 is 1.89 bits per heavy atom. The topological polar surface area (TPSA) is 73.2 Å². The minimum atomic E-state index is -0.575. The minimum Gasteiger partial charge on any atom is -0.354 e. The number of halogens is 2. The normalized spacial score (nSPS) is 18.0. The standard InChI is InChI=1S/C20H15BrFN3O2S/c1-24-18(26)16(11-23)20-25(15-8-6-14(22)7-9-15)19(27)17(28-20)10-12-2-4-13(21)5-3-12/h2-9,17H,10H2,1H3,(H,24,26)/b20-16-/t17-/m1/s1. The summed E-state index contributed by atoms with van der Waals surface area (Å²) in [7, 11) is 1.42. The number of amides is 2. The molecule has 1 aliphatic rings. The average Bonchev–Trinajstić information content (AvgIpc) is 3.00. The zero-order chi connectivity index (χ0) is 20.3. The van der Waals surface area contributed by atoms with Gasteiger partial charge in [-0.1, -0.05) is 39.8 Å². The van der Waals surface area contributed by atoms with Crippen molar-refractivity contribution in [1.29, 1.82) is 5.26 Å². The lowest BCUT2D eigenvalue weighted by Gasteiger charge is -2.18. The maximum Gasteiger partial charge on any atom is 0.264 e. The van der Waals surface area contributed by atoms with Gasteiger partial charge >= 0.3 is 0 Å².